The zero-order chi connectivity index (χ0) is 17.0. The number of rotatable bonds is 5. The lowest BCUT2D eigenvalue weighted by Gasteiger charge is -2.14. The first-order chi connectivity index (χ1) is 10.8. The Morgan fingerprint density at radius 2 is 2.17 bits per heavy atom. The minimum Gasteiger partial charge on any atom is -0.376 e. The molecular weight excluding hydrogens is 325 g/mol. The number of hydrogen-bond donors (Lipinski definition) is 2. The fraction of sp³-hybridized carbons (Fsp3) is 0.500. The summed E-state index contributed by atoms with van der Waals surface area (Å²) in [5.41, 5.74) is -0.197. The molecule has 0 aromatic heterocycles. The zero-order valence-electron chi connectivity index (χ0n) is 13.0. The van der Waals surface area contributed by atoms with Gasteiger partial charge in [0.1, 0.15) is 5.82 Å². The molecule has 1 aromatic rings. The molecule has 2 N–H and O–H groups in total. The molecule has 1 fully saturated rings. The van der Waals surface area contributed by atoms with Crippen LogP contribution in [0.5, 0.6) is 0 Å². The minimum atomic E-state index is -3.70. The molecule has 1 atom stereocenters. The van der Waals surface area contributed by atoms with E-state index >= 15 is 0 Å². The summed E-state index contributed by atoms with van der Waals surface area (Å²) in [7, 11) is -0.952. The van der Waals surface area contributed by atoms with Gasteiger partial charge in [-0.3, -0.25) is 0 Å². The van der Waals surface area contributed by atoms with Gasteiger partial charge in [0.15, 0.2) is 0 Å². The number of nitrogens with one attached hydrogen (secondary N) is 2. The summed E-state index contributed by atoms with van der Waals surface area (Å²) in [5.74, 6) is -0.713. The molecule has 2 amide bonds. The monoisotopic (exact) mass is 345 g/mol. The van der Waals surface area contributed by atoms with Crippen LogP contribution in [0.2, 0.25) is 0 Å². The van der Waals surface area contributed by atoms with E-state index in [1.807, 2.05) is 0 Å². The van der Waals surface area contributed by atoms with Crippen LogP contribution in [-0.2, 0) is 14.8 Å². The smallest absolute Gasteiger partial charge is 0.319 e. The SMILES string of the molecule is CN(C)S(=O)(=O)c1ccc(F)c(NC(=O)NC[C@@H]2CCCO2)c1. The van der Waals surface area contributed by atoms with Gasteiger partial charge >= 0.3 is 6.03 Å². The van der Waals surface area contributed by atoms with Crippen molar-refractivity contribution in [2.45, 2.75) is 23.8 Å². The second kappa shape index (κ2) is 7.24. The lowest BCUT2D eigenvalue weighted by atomic mass is 10.2. The Balaban J connectivity index is 2.05. The van der Waals surface area contributed by atoms with Crippen molar-refractivity contribution in [1.82, 2.24) is 9.62 Å². The Kier molecular flexibility index (Phi) is 5.55. The van der Waals surface area contributed by atoms with Crippen LogP contribution in [0.3, 0.4) is 0 Å². The number of ether oxygens (including phenoxy) is 1. The maximum atomic E-state index is 13.8. The zero-order valence-corrected chi connectivity index (χ0v) is 13.8. The van der Waals surface area contributed by atoms with Crippen molar-refractivity contribution in [3.8, 4) is 0 Å². The molecule has 0 radical (unpaired) electrons. The summed E-state index contributed by atoms with van der Waals surface area (Å²) in [6, 6.07) is 2.64. The van der Waals surface area contributed by atoms with Gasteiger partial charge in [-0.15, -0.1) is 0 Å². The van der Waals surface area contributed by atoms with Crippen LogP contribution < -0.4 is 10.6 Å². The Morgan fingerprint density at radius 3 is 2.78 bits per heavy atom. The van der Waals surface area contributed by atoms with Gasteiger partial charge in [0, 0.05) is 27.2 Å². The van der Waals surface area contributed by atoms with Crippen LogP contribution in [0.1, 0.15) is 12.8 Å². The summed E-state index contributed by atoms with van der Waals surface area (Å²) < 4.78 is 44.2. The maximum absolute atomic E-state index is 13.8. The van der Waals surface area contributed by atoms with Crippen LogP contribution >= 0.6 is 0 Å². The van der Waals surface area contributed by atoms with E-state index in [1.54, 1.807) is 0 Å². The minimum absolute atomic E-state index is 0.0361. The van der Waals surface area contributed by atoms with Gasteiger partial charge < -0.3 is 15.4 Å². The highest BCUT2D eigenvalue weighted by molar-refractivity contribution is 7.89. The number of anilines is 1. The first kappa shape index (κ1) is 17.6. The van der Waals surface area contributed by atoms with E-state index in [-0.39, 0.29) is 16.7 Å². The van der Waals surface area contributed by atoms with Gasteiger partial charge in [-0.25, -0.2) is 21.9 Å². The van der Waals surface area contributed by atoms with Crippen molar-refractivity contribution < 1.29 is 22.3 Å². The second-order valence-electron chi connectivity index (χ2n) is 5.40. The van der Waals surface area contributed by atoms with Gasteiger partial charge in [0.25, 0.3) is 0 Å². The Hall–Kier alpha value is -1.71. The molecule has 0 aliphatic carbocycles. The number of sulfonamides is 1. The van der Waals surface area contributed by atoms with Gasteiger partial charge in [-0.1, -0.05) is 0 Å². The van der Waals surface area contributed by atoms with Crippen LogP contribution in [0.4, 0.5) is 14.9 Å². The molecule has 23 heavy (non-hydrogen) atoms. The summed E-state index contributed by atoms with van der Waals surface area (Å²) in [4.78, 5) is 11.7. The van der Waals surface area contributed by atoms with Crippen molar-refractivity contribution in [2.75, 3.05) is 32.6 Å². The Labute approximate surface area is 134 Å². The number of carbonyl (C=O) groups excluding carboxylic acids is 1. The van der Waals surface area contributed by atoms with Crippen molar-refractivity contribution >= 4 is 21.7 Å². The van der Waals surface area contributed by atoms with Crippen molar-refractivity contribution in [3.05, 3.63) is 24.0 Å². The standard InChI is InChI=1S/C14H20FN3O4S/c1-18(2)23(20,21)11-5-6-12(15)13(8-11)17-14(19)16-9-10-4-3-7-22-10/h5-6,8,10H,3-4,7,9H2,1-2H3,(H2,16,17,19)/t10-/m0/s1. The lowest BCUT2D eigenvalue weighted by Crippen LogP contribution is -2.35. The molecule has 9 heteroatoms. The van der Waals surface area contributed by atoms with Gasteiger partial charge in [-0.05, 0) is 31.0 Å². The summed E-state index contributed by atoms with van der Waals surface area (Å²) >= 11 is 0. The lowest BCUT2D eigenvalue weighted by molar-refractivity contribution is 0.112. The Bertz CT molecular complexity index is 673. The predicted molar refractivity (Wildman–Crippen MR) is 83.3 cm³/mol. The van der Waals surface area contributed by atoms with E-state index < -0.39 is 21.9 Å². The van der Waals surface area contributed by atoms with E-state index in [0.717, 1.165) is 35.3 Å². The van der Waals surface area contributed by atoms with E-state index in [4.69, 9.17) is 4.74 Å². The average molecular weight is 345 g/mol. The number of benzene rings is 1. The third-order valence-electron chi connectivity index (χ3n) is 3.48. The van der Waals surface area contributed by atoms with Gasteiger partial charge in [-0.2, -0.15) is 0 Å². The van der Waals surface area contributed by atoms with E-state index in [9.17, 15) is 17.6 Å². The maximum Gasteiger partial charge on any atom is 0.319 e. The topological polar surface area (TPSA) is 87.7 Å². The van der Waals surface area contributed by atoms with Crippen LogP contribution in [0.25, 0.3) is 0 Å². The first-order valence-electron chi connectivity index (χ1n) is 7.19. The molecule has 7 nitrogen and oxygen atoms in total. The Morgan fingerprint density at radius 1 is 1.43 bits per heavy atom. The molecular formula is C14H20FN3O4S. The quantitative estimate of drug-likeness (QED) is 0.844. The molecule has 0 saturated carbocycles. The first-order valence-corrected chi connectivity index (χ1v) is 8.63. The number of amides is 2. The molecule has 1 aliphatic heterocycles. The molecule has 0 spiro atoms. The van der Waals surface area contributed by atoms with Crippen molar-refractivity contribution in [3.63, 3.8) is 0 Å². The third kappa shape index (κ3) is 4.40. The molecule has 0 unspecified atom stereocenters. The van der Waals surface area contributed by atoms with Crippen LogP contribution in [-0.4, -0.2) is 52.1 Å². The highest BCUT2D eigenvalue weighted by Gasteiger charge is 2.20. The number of urea groups is 1. The van der Waals surface area contributed by atoms with Crippen LogP contribution in [0, 0.1) is 5.82 Å². The van der Waals surface area contributed by atoms with Gasteiger partial charge in [0.05, 0.1) is 16.7 Å². The van der Waals surface area contributed by atoms with E-state index in [1.165, 1.54) is 14.1 Å². The molecule has 2 rings (SSSR count). The van der Waals surface area contributed by atoms with Gasteiger partial charge in [0.2, 0.25) is 10.0 Å². The number of halogens is 1. The number of hydrogen-bond acceptors (Lipinski definition) is 4. The summed E-state index contributed by atoms with van der Waals surface area (Å²) in [6.45, 7) is 0.996. The fourth-order valence-corrected chi connectivity index (χ4v) is 3.08. The number of carbonyl (C=O) groups is 1. The summed E-state index contributed by atoms with van der Waals surface area (Å²) in [5, 5.41) is 4.90. The molecule has 1 heterocycles. The average Bonchev–Trinajstić information content (AvgIpc) is 3.00. The summed E-state index contributed by atoms with van der Waals surface area (Å²) in [6.07, 6.45) is 1.78. The highest BCUT2D eigenvalue weighted by Crippen LogP contribution is 2.21. The number of nitrogens with zero attached hydrogens (tertiary/aromatic N) is 1. The molecule has 1 aromatic carbocycles. The van der Waals surface area contributed by atoms with Crippen LogP contribution in [0.15, 0.2) is 23.1 Å². The van der Waals surface area contributed by atoms with Crippen molar-refractivity contribution in [1.29, 1.82) is 0 Å². The largest absolute Gasteiger partial charge is 0.376 e. The van der Waals surface area contributed by atoms with E-state index in [2.05, 4.69) is 10.6 Å². The molecule has 1 aliphatic rings. The van der Waals surface area contributed by atoms with E-state index in [0.29, 0.717) is 13.2 Å². The predicted octanol–water partition coefficient (Wildman–Crippen LogP) is 1.38. The second-order valence-corrected chi connectivity index (χ2v) is 7.55. The normalized spacial score (nSPS) is 18.2. The highest BCUT2D eigenvalue weighted by atomic mass is 32.2. The fourth-order valence-electron chi connectivity index (χ4n) is 2.15. The molecule has 128 valence electrons. The molecule has 1 saturated heterocycles. The third-order valence-corrected chi connectivity index (χ3v) is 5.29. The van der Waals surface area contributed by atoms with Crippen molar-refractivity contribution in [2.24, 2.45) is 0 Å². The molecule has 0 bridgehead atoms.